The lowest BCUT2D eigenvalue weighted by Crippen LogP contribution is -2.36. The van der Waals surface area contributed by atoms with Crippen molar-refractivity contribution in [2.75, 3.05) is 31.0 Å². The van der Waals surface area contributed by atoms with Gasteiger partial charge in [-0.3, -0.25) is 4.99 Å². The average Bonchev–Trinajstić information content (AvgIpc) is 2.77. The fourth-order valence-corrected chi connectivity index (χ4v) is 5.35. The molecule has 2 aliphatic rings. The van der Waals surface area contributed by atoms with E-state index in [9.17, 15) is 4.21 Å². The van der Waals surface area contributed by atoms with Gasteiger partial charge in [-0.1, -0.05) is 0 Å². The zero-order chi connectivity index (χ0) is 21.1. The predicted octanol–water partition coefficient (Wildman–Crippen LogP) is 3.17. The van der Waals surface area contributed by atoms with Crippen LogP contribution in [0.25, 0.3) is 0 Å². The Balaban J connectivity index is 1.47. The molecule has 1 aromatic carbocycles. The third kappa shape index (κ3) is 4.45. The van der Waals surface area contributed by atoms with E-state index in [1.54, 1.807) is 18.1 Å². The topological polar surface area (TPSA) is 88.9 Å². The number of hydrogen-bond donors (Lipinski definition) is 1. The number of nitrogens with one attached hydrogen (secondary N) is 1. The summed E-state index contributed by atoms with van der Waals surface area (Å²) in [6.45, 7) is 10.0. The first-order valence-electron chi connectivity index (χ1n) is 9.82. The van der Waals surface area contributed by atoms with Crippen LogP contribution in [0.2, 0.25) is 0 Å². The van der Waals surface area contributed by atoms with E-state index in [0.717, 1.165) is 46.4 Å². The van der Waals surface area contributed by atoms with Gasteiger partial charge in [0.2, 0.25) is 0 Å². The van der Waals surface area contributed by atoms with Crippen molar-refractivity contribution in [3.63, 3.8) is 0 Å². The molecule has 3 heterocycles. The molecule has 0 amide bonds. The summed E-state index contributed by atoms with van der Waals surface area (Å²) >= 11 is 1.59. The second-order valence-electron chi connectivity index (χ2n) is 7.17. The van der Waals surface area contributed by atoms with Crippen molar-refractivity contribution in [2.45, 2.75) is 37.0 Å². The Morgan fingerprint density at radius 3 is 2.80 bits per heavy atom. The lowest BCUT2D eigenvalue weighted by atomic mass is 10.1. The number of rotatable bonds is 7. The van der Waals surface area contributed by atoms with E-state index >= 15 is 0 Å². The number of benzene rings is 1. The van der Waals surface area contributed by atoms with E-state index in [2.05, 4.69) is 27.0 Å². The normalized spacial score (nSPS) is 16.8. The summed E-state index contributed by atoms with van der Waals surface area (Å²) in [6.07, 6.45) is 2.35. The highest BCUT2D eigenvalue weighted by Gasteiger charge is 2.26. The summed E-state index contributed by atoms with van der Waals surface area (Å²) in [5.41, 5.74) is 2.79. The second kappa shape index (κ2) is 9.32. The van der Waals surface area contributed by atoms with Crippen LogP contribution in [0.15, 0.2) is 28.3 Å². The molecular formula is C20H25N5O3S2. The molecule has 0 aliphatic carbocycles. The molecule has 0 fully saturated rings. The monoisotopic (exact) mass is 447 g/mol. The number of aliphatic imine (C=N–C) groups is 1. The Kier molecular flexibility index (Phi) is 6.55. The molecule has 1 atom stereocenters. The van der Waals surface area contributed by atoms with E-state index in [0.29, 0.717) is 31.4 Å². The molecule has 1 unspecified atom stereocenters. The van der Waals surface area contributed by atoms with Gasteiger partial charge in [0.1, 0.15) is 25.4 Å². The Morgan fingerprint density at radius 2 is 2.07 bits per heavy atom. The molecule has 4 rings (SSSR count). The van der Waals surface area contributed by atoms with Crippen LogP contribution in [0.5, 0.6) is 11.5 Å². The summed E-state index contributed by atoms with van der Waals surface area (Å²) in [5.74, 6) is 2.79. The Hall–Kier alpha value is -2.17. The SMILES string of the molecule is C=Nc1cc2c(cc1SCNc1ncnc3c1CN(S(=O)C(C)C)CC3)OCCO2. The number of thioether (sulfide) groups is 1. The van der Waals surface area contributed by atoms with Crippen LogP contribution >= 0.6 is 11.8 Å². The van der Waals surface area contributed by atoms with E-state index < -0.39 is 11.0 Å². The summed E-state index contributed by atoms with van der Waals surface area (Å²) in [5, 5.41) is 3.48. The van der Waals surface area contributed by atoms with Gasteiger partial charge in [0.05, 0.1) is 28.2 Å². The quantitative estimate of drug-likeness (QED) is 0.396. The van der Waals surface area contributed by atoms with Gasteiger partial charge in [-0.05, 0) is 26.6 Å². The smallest absolute Gasteiger partial charge is 0.163 e. The molecule has 8 nitrogen and oxygen atoms in total. The molecule has 160 valence electrons. The van der Waals surface area contributed by atoms with E-state index in [-0.39, 0.29) is 5.25 Å². The van der Waals surface area contributed by atoms with Gasteiger partial charge in [-0.2, -0.15) is 0 Å². The summed E-state index contributed by atoms with van der Waals surface area (Å²) in [7, 11) is -1.02. The highest BCUT2D eigenvalue weighted by molar-refractivity contribution is 7.99. The van der Waals surface area contributed by atoms with Gasteiger partial charge in [-0.15, -0.1) is 11.8 Å². The zero-order valence-corrected chi connectivity index (χ0v) is 18.7. The molecule has 30 heavy (non-hydrogen) atoms. The second-order valence-corrected chi connectivity index (χ2v) is 10.2. The lowest BCUT2D eigenvalue weighted by molar-refractivity contribution is 0.171. The van der Waals surface area contributed by atoms with Crippen molar-refractivity contribution < 1.29 is 13.7 Å². The van der Waals surface area contributed by atoms with Gasteiger partial charge in [-0.25, -0.2) is 18.5 Å². The van der Waals surface area contributed by atoms with Gasteiger partial charge < -0.3 is 14.8 Å². The number of nitrogens with zero attached hydrogens (tertiary/aromatic N) is 4. The molecule has 0 saturated carbocycles. The van der Waals surface area contributed by atoms with E-state index in [1.165, 1.54) is 0 Å². The van der Waals surface area contributed by atoms with Crippen LogP contribution in [0.4, 0.5) is 11.5 Å². The minimum Gasteiger partial charge on any atom is -0.486 e. The zero-order valence-electron chi connectivity index (χ0n) is 17.1. The minimum absolute atomic E-state index is 0.0863. The highest BCUT2D eigenvalue weighted by Crippen LogP contribution is 2.41. The van der Waals surface area contributed by atoms with Gasteiger partial charge >= 0.3 is 0 Å². The Labute approximate surface area is 183 Å². The number of fused-ring (bicyclic) bond motifs is 2. The van der Waals surface area contributed by atoms with Gasteiger partial charge in [0.15, 0.2) is 11.5 Å². The summed E-state index contributed by atoms with van der Waals surface area (Å²) in [4.78, 5) is 13.9. The number of hydrogen-bond acceptors (Lipinski definition) is 8. The maximum absolute atomic E-state index is 12.5. The lowest BCUT2D eigenvalue weighted by Gasteiger charge is -2.29. The fraction of sp³-hybridized carbons (Fsp3) is 0.450. The number of anilines is 1. The average molecular weight is 448 g/mol. The van der Waals surface area contributed by atoms with Crippen LogP contribution in [0.1, 0.15) is 25.1 Å². The first-order valence-corrected chi connectivity index (χ1v) is 12.0. The minimum atomic E-state index is -1.02. The first kappa shape index (κ1) is 21.1. The third-order valence-electron chi connectivity index (χ3n) is 4.89. The number of aromatic nitrogens is 2. The van der Waals surface area contributed by atoms with Crippen molar-refractivity contribution in [2.24, 2.45) is 4.99 Å². The van der Waals surface area contributed by atoms with Gasteiger partial charge in [0.25, 0.3) is 0 Å². The molecule has 10 heteroatoms. The summed E-state index contributed by atoms with van der Waals surface area (Å²) < 4.78 is 25.8. The standard InChI is InChI=1S/C20H25N5O3S2/c1-13(2)30(26)25-5-4-15-14(10-25)20(23-11-22-15)24-12-29-19-9-18-17(8-16(19)21-3)27-6-7-28-18/h8-9,11,13H,3-7,10,12H2,1-2H3,(H,22,23,24). The van der Waals surface area contributed by atoms with Crippen molar-refractivity contribution in [3.05, 3.63) is 29.7 Å². The van der Waals surface area contributed by atoms with Gasteiger partial charge in [0, 0.05) is 41.3 Å². The number of ether oxygens (including phenoxy) is 2. The highest BCUT2D eigenvalue weighted by atomic mass is 32.2. The maximum Gasteiger partial charge on any atom is 0.163 e. The molecule has 0 spiro atoms. The molecule has 2 aliphatic heterocycles. The Bertz CT molecular complexity index is 970. The third-order valence-corrected chi connectivity index (χ3v) is 7.44. The molecule has 0 radical (unpaired) electrons. The Morgan fingerprint density at radius 1 is 1.30 bits per heavy atom. The molecule has 2 aromatic rings. The van der Waals surface area contributed by atoms with E-state index in [1.807, 2.05) is 30.3 Å². The van der Waals surface area contributed by atoms with Crippen LogP contribution in [0, 0.1) is 0 Å². The van der Waals surface area contributed by atoms with Crippen LogP contribution in [-0.2, 0) is 24.0 Å². The first-order chi connectivity index (χ1) is 14.6. The molecule has 0 saturated heterocycles. The van der Waals surface area contributed by atoms with Crippen LogP contribution < -0.4 is 14.8 Å². The van der Waals surface area contributed by atoms with Crippen molar-refractivity contribution in [1.29, 1.82) is 0 Å². The molecule has 0 bridgehead atoms. The maximum atomic E-state index is 12.5. The largest absolute Gasteiger partial charge is 0.486 e. The summed E-state index contributed by atoms with van der Waals surface area (Å²) in [6, 6.07) is 3.79. The van der Waals surface area contributed by atoms with Crippen molar-refractivity contribution >= 4 is 41.0 Å². The van der Waals surface area contributed by atoms with Crippen molar-refractivity contribution in [1.82, 2.24) is 14.3 Å². The van der Waals surface area contributed by atoms with Crippen molar-refractivity contribution in [3.8, 4) is 11.5 Å². The molecular weight excluding hydrogens is 422 g/mol. The van der Waals surface area contributed by atoms with Crippen LogP contribution in [0.3, 0.4) is 0 Å². The predicted molar refractivity (Wildman–Crippen MR) is 120 cm³/mol. The van der Waals surface area contributed by atoms with E-state index in [4.69, 9.17) is 9.47 Å². The van der Waals surface area contributed by atoms with Crippen LogP contribution in [-0.4, -0.2) is 56.1 Å². The molecule has 1 aromatic heterocycles. The molecule has 1 N–H and O–H groups in total. The fourth-order valence-electron chi connectivity index (χ4n) is 3.40.